The van der Waals surface area contributed by atoms with Crippen LogP contribution >= 0.6 is 0 Å². The normalized spacial score (nSPS) is 12.7. The van der Waals surface area contributed by atoms with Gasteiger partial charge in [0.2, 0.25) is 0 Å². The van der Waals surface area contributed by atoms with E-state index < -0.39 is 6.10 Å². The SMILES string of the molecule is COc1ccc(OCCN(C)C[C@@H](O)COC(C)C)cc1. The second-order valence-corrected chi connectivity index (χ2v) is 5.32. The maximum Gasteiger partial charge on any atom is 0.119 e. The highest BCUT2D eigenvalue weighted by Gasteiger charge is 2.09. The van der Waals surface area contributed by atoms with Gasteiger partial charge in [-0.25, -0.2) is 0 Å². The van der Waals surface area contributed by atoms with Crippen LogP contribution in [0.2, 0.25) is 0 Å². The fourth-order valence-electron chi connectivity index (χ4n) is 1.80. The highest BCUT2D eigenvalue weighted by Crippen LogP contribution is 2.16. The average molecular weight is 297 g/mol. The summed E-state index contributed by atoms with van der Waals surface area (Å²) in [5.74, 6) is 1.63. The van der Waals surface area contributed by atoms with Crippen molar-refractivity contribution in [2.45, 2.75) is 26.1 Å². The zero-order valence-corrected chi connectivity index (χ0v) is 13.4. The van der Waals surface area contributed by atoms with Crippen molar-refractivity contribution in [3.05, 3.63) is 24.3 Å². The molecule has 0 heterocycles. The summed E-state index contributed by atoms with van der Waals surface area (Å²) in [5.41, 5.74) is 0. The maximum atomic E-state index is 9.82. The van der Waals surface area contributed by atoms with Crippen LogP contribution in [-0.2, 0) is 4.74 Å². The number of nitrogens with zero attached hydrogens (tertiary/aromatic N) is 1. The van der Waals surface area contributed by atoms with E-state index in [4.69, 9.17) is 14.2 Å². The van der Waals surface area contributed by atoms with Crippen molar-refractivity contribution >= 4 is 0 Å². The van der Waals surface area contributed by atoms with Gasteiger partial charge in [-0.1, -0.05) is 0 Å². The Balaban J connectivity index is 2.18. The molecular weight excluding hydrogens is 270 g/mol. The molecule has 0 radical (unpaired) electrons. The van der Waals surface area contributed by atoms with Crippen molar-refractivity contribution in [1.29, 1.82) is 0 Å². The Morgan fingerprint density at radius 2 is 1.76 bits per heavy atom. The first-order valence-corrected chi connectivity index (χ1v) is 7.26. The van der Waals surface area contributed by atoms with Gasteiger partial charge in [0.05, 0.1) is 25.9 Å². The van der Waals surface area contributed by atoms with E-state index in [2.05, 4.69) is 0 Å². The Labute approximate surface area is 127 Å². The second kappa shape index (κ2) is 9.60. The van der Waals surface area contributed by atoms with E-state index in [-0.39, 0.29) is 6.10 Å². The van der Waals surface area contributed by atoms with Crippen LogP contribution in [0.3, 0.4) is 0 Å². The first-order valence-electron chi connectivity index (χ1n) is 7.26. The molecule has 5 nitrogen and oxygen atoms in total. The zero-order chi connectivity index (χ0) is 15.7. The monoisotopic (exact) mass is 297 g/mol. The molecule has 1 aromatic rings. The van der Waals surface area contributed by atoms with Gasteiger partial charge in [0, 0.05) is 13.1 Å². The number of rotatable bonds is 10. The molecule has 0 saturated carbocycles. The molecule has 0 amide bonds. The fourth-order valence-corrected chi connectivity index (χ4v) is 1.80. The van der Waals surface area contributed by atoms with E-state index in [1.54, 1.807) is 7.11 Å². The zero-order valence-electron chi connectivity index (χ0n) is 13.4. The largest absolute Gasteiger partial charge is 0.497 e. The standard InChI is InChI=1S/C16H27NO4/c1-13(2)21-12-14(18)11-17(3)9-10-20-16-7-5-15(19-4)6-8-16/h5-8,13-14,18H,9-12H2,1-4H3/t14-/m1/s1. The molecule has 0 aliphatic rings. The second-order valence-electron chi connectivity index (χ2n) is 5.32. The highest BCUT2D eigenvalue weighted by atomic mass is 16.5. The van der Waals surface area contributed by atoms with Crippen molar-refractivity contribution in [1.82, 2.24) is 4.90 Å². The van der Waals surface area contributed by atoms with Gasteiger partial charge in [0.1, 0.15) is 18.1 Å². The van der Waals surface area contributed by atoms with Gasteiger partial charge in [-0.15, -0.1) is 0 Å². The molecule has 5 heteroatoms. The van der Waals surface area contributed by atoms with Crippen LogP contribution in [0, 0.1) is 0 Å². The van der Waals surface area contributed by atoms with E-state index >= 15 is 0 Å². The molecular formula is C16H27NO4. The van der Waals surface area contributed by atoms with Crippen LogP contribution in [0.1, 0.15) is 13.8 Å². The lowest BCUT2D eigenvalue weighted by Gasteiger charge is -2.21. The number of methoxy groups -OCH3 is 1. The summed E-state index contributed by atoms with van der Waals surface area (Å²) < 4.78 is 16.1. The minimum Gasteiger partial charge on any atom is -0.497 e. The van der Waals surface area contributed by atoms with Crippen LogP contribution in [0.15, 0.2) is 24.3 Å². The van der Waals surface area contributed by atoms with Gasteiger partial charge in [0.15, 0.2) is 0 Å². The van der Waals surface area contributed by atoms with Crippen LogP contribution < -0.4 is 9.47 Å². The molecule has 1 atom stereocenters. The predicted octanol–water partition coefficient (Wildman–Crippen LogP) is 1.79. The summed E-state index contributed by atoms with van der Waals surface area (Å²) in [6.07, 6.45) is -0.332. The number of benzene rings is 1. The predicted molar refractivity (Wildman–Crippen MR) is 83.1 cm³/mol. The molecule has 0 bridgehead atoms. The van der Waals surface area contributed by atoms with Crippen molar-refractivity contribution in [2.75, 3.05) is 40.5 Å². The minimum absolute atomic E-state index is 0.142. The number of ether oxygens (including phenoxy) is 3. The summed E-state index contributed by atoms with van der Waals surface area (Å²) in [7, 11) is 3.59. The Hall–Kier alpha value is -1.30. The molecule has 0 aliphatic heterocycles. The van der Waals surface area contributed by atoms with Gasteiger partial charge in [-0.2, -0.15) is 0 Å². The van der Waals surface area contributed by atoms with E-state index in [1.807, 2.05) is 50.1 Å². The number of likely N-dealkylation sites (N-methyl/N-ethyl adjacent to an activating group) is 1. The smallest absolute Gasteiger partial charge is 0.119 e. The van der Waals surface area contributed by atoms with Crippen molar-refractivity contribution in [2.24, 2.45) is 0 Å². The Bertz CT molecular complexity index is 380. The van der Waals surface area contributed by atoms with Crippen LogP contribution in [0.25, 0.3) is 0 Å². The number of hydrogen-bond acceptors (Lipinski definition) is 5. The topological polar surface area (TPSA) is 51.2 Å². The molecule has 1 N–H and O–H groups in total. The van der Waals surface area contributed by atoms with E-state index in [9.17, 15) is 5.11 Å². The number of hydrogen-bond donors (Lipinski definition) is 1. The first-order chi connectivity index (χ1) is 10.0. The van der Waals surface area contributed by atoms with Gasteiger partial charge in [0.25, 0.3) is 0 Å². The molecule has 0 fully saturated rings. The molecule has 0 unspecified atom stereocenters. The third-order valence-electron chi connectivity index (χ3n) is 2.95. The third-order valence-corrected chi connectivity index (χ3v) is 2.95. The Kier molecular flexibility index (Phi) is 8.12. The van der Waals surface area contributed by atoms with Crippen LogP contribution in [-0.4, -0.2) is 62.7 Å². The molecule has 1 rings (SSSR count). The highest BCUT2D eigenvalue weighted by molar-refractivity contribution is 5.31. The molecule has 0 saturated heterocycles. The van der Waals surface area contributed by atoms with Gasteiger partial charge in [-0.3, -0.25) is 0 Å². The molecule has 120 valence electrons. The maximum absolute atomic E-state index is 9.82. The fraction of sp³-hybridized carbons (Fsp3) is 0.625. The van der Waals surface area contributed by atoms with Crippen LogP contribution in [0.5, 0.6) is 11.5 Å². The molecule has 1 aromatic carbocycles. The van der Waals surface area contributed by atoms with E-state index in [0.717, 1.165) is 18.0 Å². The lowest BCUT2D eigenvalue weighted by molar-refractivity contribution is -0.00649. The summed E-state index contributed by atoms with van der Waals surface area (Å²) >= 11 is 0. The molecule has 0 aromatic heterocycles. The minimum atomic E-state index is -0.474. The first kappa shape index (κ1) is 17.8. The van der Waals surface area contributed by atoms with E-state index in [1.165, 1.54) is 0 Å². The third kappa shape index (κ3) is 7.90. The van der Waals surface area contributed by atoms with E-state index in [0.29, 0.717) is 19.8 Å². The molecule has 0 spiro atoms. The van der Waals surface area contributed by atoms with Gasteiger partial charge in [-0.05, 0) is 45.2 Å². The summed E-state index contributed by atoms with van der Waals surface area (Å²) in [4.78, 5) is 2.03. The lowest BCUT2D eigenvalue weighted by Crippen LogP contribution is -2.35. The Morgan fingerprint density at radius 3 is 2.33 bits per heavy atom. The summed E-state index contributed by atoms with van der Waals surface area (Å²) in [5, 5.41) is 9.82. The lowest BCUT2D eigenvalue weighted by atomic mass is 10.3. The van der Waals surface area contributed by atoms with Gasteiger partial charge >= 0.3 is 0 Å². The van der Waals surface area contributed by atoms with Crippen molar-refractivity contribution < 1.29 is 19.3 Å². The molecule has 0 aliphatic carbocycles. The Morgan fingerprint density at radius 1 is 1.14 bits per heavy atom. The summed E-state index contributed by atoms with van der Waals surface area (Å²) in [6, 6.07) is 7.49. The van der Waals surface area contributed by atoms with Crippen molar-refractivity contribution in [3.63, 3.8) is 0 Å². The number of aliphatic hydroxyl groups is 1. The van der Waals surface area contributed by atoms with Crippen molar-refractivity contribution in [3.8, 4) is 11.5 Å². The average Bonchev–Trinajstić information content (AvgIpc) is 2.46. The summed E-state index contributed by atoms with van der Waals surface area (Å²) in [6.45, 7) is 6.16. The molecule has 21 heavy (non-hydrogen) atoms. The quantitative estimate of drug-likeness (QED) is 0.713. The number of aliphatic hydroxyl groups excluding tert-OH is 1. The van der Waals surface area contributed by atoms with Crippen LogP contribution in [0.4, 0.5) is 0 Å². The van der Waals surface area contributed by atoms with Gasteiger partial charge < -0.3 is 24.2 Å².